The normalized spacial score (nSPS) is 28.3. The molecule has 3 nitrogen and oxygen atoms in total. The van der Waals surface area contributed by atoms with Crippen molar-refractivity contribution >= 4 is 0 Å². The van der Waals surface area contributed by atoms with Crippen molar-refractivity contribution in [2.45, 2.75) is 66.0 Å². The third-order valence-electron chi connectivity index (χ3n) is 4.47. The molecule has 0 saturated carbocycles. The van der Waals surface area contributed by atoms with Crippen LogP contribution in [0.25, 0.3) is 0 Å². The Balaban J connectivity index is 2.55. The van der Waals surface area contributed by atoms with E-state index < -0.39 is 0 Å². The maximum atomic E-state index is 5.80. The number of hydrogen-bond acceptors (Lipinski definition) is 3. The average molecular weight is 270 g/mol. The van der Waals surface area contributed by atoms with Crippen LogP contribution < -0.4 is 5.32 Å². The Hall–Kier alpha value is -0.120. The third kappa shape index (κ3) is 5.41. The summed E-state index contributed by atoms with van der Waals surface area (Å²) in [6, 6.07) is 0.605. The van der Waals surface area contributed by atoms with Crippen LogP contribution in [-0.4, -0.2) is 49.8 Å². The fourth-order valence-corrected chi connectivity index (χ4v) is 2.83. The summed E-state index contributed by atoms with van der Waals surface area (Å²) in [5.74, 6) is 0. The zero-order chi connectivity index (χ0) is 14.3. The van der Waals surface area contributed by atoms with E-state index in [2.05, 4.69) is 44.8 Å². The molecular weight excluding hydrogens is 236 g/mol. The summed E-state index contributed by atoms with van der Waals surface area (Å²) in [6.45, 7) is 16.9. The van der Waals surface area contributed by atoms with Crippen LogP contribution in [0.15, 0.2) is 0 Å². The minimum atomic E-state index is 0.375. The van der Waals surface area contributed by atoms with Gasteiger partial charge in [0, 0.05) is 25.7 Å². The number of nitrogens with one attached hydrogen (secondary N) is 1. The number of hydrogen-bond donors (Lipinski definition) is 1. The number of rotatable bonds is 8. The van der Waals surface area contributed by atoms with Crippen molar-refractivity contribution in [2.75, 3.05) is 32.8 Å². The summed E-state index contributed by atoms with van der Waals surface area (Å²) >= 11 is 0. The molecule has 1 aliphatic rings. The van der Waals surface area contributed by atoms with Gasteiger partial charge in [0.1, 0.15) is 0 Å². The van der Waals surface area contributed by atoms with Crippen LogP contribution in [0.3, 0.4) is 0 Å². The van der Waals surface area contributed by atoms with E-state index in [9.17, 15) is 0 Å². The van der Waals surface area contributed by atoms with Gasteiger partial charge < -0.3 is 10.1 Å². The Morgan fingerprint density at radius 3 is 2.63 bits per heavy atom. The van der Waals surface area contributed by atoms with Gasteiger partial charge in [-0.2, -0.15) is 0 Å². The Morgan fingerprint density at radius 2 is 2.05 bits per heavy atom. The van der Waals surface area contributed by atoms with Crippen LogP contribution >= 0.6 is 0 Å². The van der Waals surface area contributed by atoms with E-state index in [1.54, 1.807) is 0 Å². The summed E-state index contributed by atoms with van der Waals surface area (Å²) in [4.78, 5) is 2.66. The van der Waals surface area contributed by atoms with Gasteiger partial charge in [-0.05, 0) is 38.1 Å². The van der Waals surface area contributed by atoms with Crippen molar-refractivity contribution < 1.29 is 4.74 Å². The first-order valence-electron chi connectivity index (χ1n) is 8.11. The zero-order valence-electron chi connectivity index (χ0n) is 13.7. The van der Waals surface area contributed by atoms with E-state index in [0.29, 0.717) is 17.6 Å². The minimum Gasteiger partial charge on any atom is -0.376 e. The SMILES string of the molecule is CCCNCC(C)(CC)CN1CC(C)OCC1CC. The van der Waals surface area contributed by atoms with Crippen LogP contribution in [-0.2, 0) is 4.74 Å². The van der Waals surface area contributed by atoms with E-state index in [4.69, 9.17) is 4.74 Å². The first kappa shape index (κ1) is 16.9. The summed E-state index contributed by atoms with van der Waals surface area (Å²) in [5.41, 5.74) is 0.375. The van der Waals surface area contributed by atoms with Gasteiger partial charge in [0.2, 0.25) is 0 Å². The van der Waals surface area contributed by atoms with E-state index in [0.717, 1.165) is 26.2 Å². The van der Waals surface area contributed by atoms with Gasteiger partial charge in [0.25, 0.3) is 0 Å². The van der Waals surface area contributed by atoms with Crippen molar-refractivity contribution in [3.05, 3.63) is 0 Å². The average Bonchev–Trinajstić information content (AvgIpc) is 2.39. The molecule has 0 bridgehead atoms. The van der Waals surface area contributed by atoms with Crippen molar-refractivity contribution in [3.8, 4) is 0 Å². The monoisotopic (exact) mass is 270 g/mol. The topological polar surface area (TPSA) is 24.5 Å². The standard InChI is InChI=1S/C16H34N2O/c1-6-9-17-12-16(5,8-3)13-18-10-14(4)19-11-15(18)7-2/h14-15,17H,6-13H2,1-5H3. The van der Waals surface area contributed by atoms with Gasteiger partial charge in [-0.25, -0.2) is 0 Å². The molecule has 0 aromatic rings. The molecule has 1 N–H and O–H groups in total. The van der Waals surface area contributed by atoms with Crippen LogP contribution in [0, 0.1) is 5.41 Å². The number of ether oxygens (including phenoxy) is 1. The van der Waals surface area contributed by atoms with Crippen molar-refractivity contribution in [1.29, 1.82) is 0 Å². The lowest BCUT2D eigenvalue weighted by Gasteiger charge is -2.43. The van der Waals surface area contributed by atoms with Crippen LogP contribution in [0.1, 0.15) is 53.9 Å². The highest BCUT2D eigenvalue weighted by atomic mass is 16.5. The van der Waals surface area contributed by atoms with Gasteiger partial charge in [-0.3, -0.25) is 4.90 Å². The maximum absolute atomic E-state index is 5.80. The lowest BCUT2D eigenvalue weighted by molar-refractivity contribution is -0.0681. The van der Waals surface area contributed by atoms with Crippen molar-refractivity contribution in [3.63, 3.8) is 0 Å². The predicted octanol–water partition coefficient (Wildman–Crippen LogP) is 2.90. The molecule has 1 saturated heterocycles. The predicted molar refractivity (Wildman–Crippen MR) is 82.6 cm³/mol. The molecule has 19 heavy (non-hydrogen) atoms. The molecule has 0 radical (unpaired) electrons. The largest absolute Gasteiger partial charge is 0.376 e. The summed E-state index contributed by atoms with van der Waals surface area (Å²) in [7, 11) is 0. The first-order chi connectivity index (χ1) is 9.04. The number of nitrogens with zero attached hydrogens (tertiary/aromatic N) is 1. The molecule has 3 heteroatoms. The molecule has 0 aliphatic carbocycles. The Labute approximate surface area is 120 Å². The molecule has 0 aromatic carbocycles. The highest BCUT2D eigenvalue weighted by Gasteiger charge is 2.31. The summed E-state index contributed by atoms with van der Waals surface area (Å²) in [5, 5.41) is 3.60. The van der Waals surface area contributed by atoms with Gasteiger partial charge in [0.15, 0.2) is 0 Å². The highest BCUT2D eigenvalue weighted by molar-refractivity contribution is 4.85. The van der Waals surface area contributed by atoms with E-state index in [-0.39, 0.29) is 0 Å². The lowest BCUT2D eigenvalue weighted by atomic mass is 9.85. The highest BCUT2D eigenvalue weighted by Crippen LogP contribution is 2.25. The fourth-order valence-electron chi connectivity index (χ4n) is 2.83. The van der Waals surface area contributed by atoms with Gasteiger partial charge in [0.05, 0.1) is 12.7 Å². The van der Waals surface area contributed by atoms with Gasteiger partial charge in [-0.1, -0.05) is 27.7 Å². The second-order valence-electron chi connectivity index (χ2n) is 6.48. The van der Waals surface area contributed by atoms with Gasteiger partial charge >= 0.3 is 0 Å². The first-order valence-corrected chi connectivity index (χ1v) is 8.11. The second-order valence-corrected chi connectivity index (χ2v) is 6.48. The molecule has 0 spiro atoms. The number of morpholine rings is 1. The fraction of sp³-hybridized carbons (Fsp3) is 1.00. The molecule has 3 unspecified atom stereocenters. The van der Waals surface area contributed by atoms with E-state index in [1.807, 2.05) is 0 Å². The molecule has 1 aliphatic heterocycles. The van der Waals surface area contributed by atoms with Crippen molar-refractivity contribution in [1.82, 2.24) is 10.2 Å². The maximum Gasteiger partial charge on any atom is 0.0674 e. The van der Waals surface area contributed by atoms with E-state index in [1.165, 1.54) is 25.8 Å². The quantitative estimate of drug-likeness (QED) is 0.686. The molecule has 0 aromatic heterocycles. The summed E-state index contributed by atoms with van der Waals surface area (Å²) in [6.07, 6.45) is 4.01. The van der Waals surface area contributed by atoms with Crippen molar-refractivity contribution in [2.24, 2.45) is 5.41 Å². The van der Waals surface area contributed by atoms with Gasteiger partial charge in [-0.15, -0.1) is 0 Å². The second kappa shape index (κ2) is 8.23. The molecule has 1 fully saturated rings. The minimum absolute atomic E-state index is 0.375. The molecule has 0 amide bonds. The molecular formula is C16H34N2O. The summed E-state index contributed by atoms with van der Waals surface area (Å²) < 4.78 is 5.80. The van der Waals surface area contributed by atoms with E-state index >= 15 is 0 Å². The molecule has 3 atom stereocenters. The Kier molecular flexibility index (Phi) is 7.33. The molecule has 114 valence electrons. The molecule has 1 rings (SSSR count). The smallest absolute Gasteiger partial charge is 0.0674 e. The van der Waals surface area contributed by atoms with Crippen LogP contribution in [0.2, 0.25) is 0 Å². The lowest BCUT2D eigenvalue weighted by Crippen LogP contribution is -2.53. The third-order valence-corrected chi connectivity index (χ3v) is 4.47. The zero-order valence-corrected chi connectivity index (χ0v) is 13.7. The van der Waals surface area contributed by atoms with Crippen LogP contribution in [0.4, 0.5) is 0 Å². The van der Waals surface area contributed by atoms with Crippen LogP contribution in [0.5, 0.6) is 0 Å². The molecule has 1 heterocycles. The Bertz CT molecular complexity index is 247. The Morgan fingerprint density at radius 1 is 1.32 bits per heavy atom.